The number of nitriles is 1. The number of rotatable bonds is 5. The van der Waals surface area contributed by atoms with Gasteiger partial charge < -0.3 is 19.9 Å². The number of esters is 1. The van der Waals surface area contributed by atoms with Gasteiger partial charge in [-0.25, -0.2) is 9.78 Å². The molecule has 7 nitrogen and oxygen atoms in total. The number of fused-ring (bicyclic) bond motifs is 1. The lowest BCUT2D eigenvalue weighted by molar-refractivity contribution is -0.139. The highest BCUT2D eigenvalue weighted by Crippen LogP contribution is 2.42. The average Bonchev–Trinajstić information content (AvgIpc) is 2.67. The standard InChI is InChI=1S/C21H20ClN3O4/c1-4-27-13-6-7-16-12(8-13)9-14(19(22)25-16)18-15(10-23)20(24)29-11(3)17(18)21(26)28-5-2/h6-9,18H,4-5,24H2,1-3H3/t18-/m1/s1. The Bertz CT molecular complexity index is 1090. The molecule has 2 N–H and O–H groups in total. The Morgan fingerprint density at radius 3 is 2.76 bits per heavy atom. The van der Waals surface area contributed by atoms with Crippen molar-refractivity contribution < 1.29 is 19.0 Å². The first kappa shape index (κ1) is 20.5. The SMILES string of the molecule is CCOC(=O)C1=C(C)OC(N)=C(C#N)[C@H]1c1cc2cc(OCC)ccc2nc1Cl. The maximum absolute atomic E-state index is 12.7. The van der Waals surface area contributed by atoms with Gasteiger partial charge in [0.1, 0.15) is 28.3 Å². The number of carbonyl (C=O) groups is 1. The van der Waals surface area contributed by atoms with E-state index in [0.29, 0.717) is 23.4 Å². The Hall–Kier alpha value is -3.24. The van der Waals surface area contributed by atoms with E-state index in [2.05, 4.69) is 4.98 Å². The van der Waals surface area contributed by atoms with E-state index in [1.807, 2.05) is 19.1 Å². The summed E-state index contributed by atoms with van der Waals surface area (Å²) in [6.45, 7) is 5.87. The van der Waals surface area contributed by atoms with Gasteiger partial charge in [-0.2, -0.15) is 5.26 Å². The van der Waals surface area contributed by atoms with Crippen LogP contribution in [0.15, 0.2) is 47.1 Å². The summed E-state index contributed by atoms with van der Waals surface area (Å²) in [7, 11) is 0. The molecule has 2 aromatic rings. The van der Waals surface area contributed by atoms with Gasteiger partial charge >= 0.3 is 5.97 Å². The van der Waals surface area contributed by atoms with Crippen LogP contribution in [0, 0.1) is 11.3 Å². The van der Waals surface area contributed by atoms with Crippen molar-refractivity contribution in [1.29, 1.82) is 5.26 Å². The second kappa shape index (κ2) is 8.41. The Balaban J connectivity index is 2.24. The van der Waals surface area contributed by atoms with Gasteiger partial charge in [0, 0.05) is 10.9 Å². The number of nitrogens with two attached hydrogens (primary N) is 1. The number of benzene rings is 1. The summed E-state index contributed by atoms with van der Waals surface area (Å²) in [5.41, 5.74) is 7.29. The largest absolute Gasteiger partial charge is 0.494 e. The molecule has 0 saturated heterocycles. The molecular weight excluding hydrogens is 394 g/mol. The van der Waals surface area contributed by atoms with Crippen LogP contribution in [0.1, 0.15) is 32.3 Å². The molecule has 0 saturated carbocycles. The number of hydrogen-bond acceptors (Lipinski definition) is 7. The number of pyridine rings is 1. The monoisotopic (exact) mass is 413 g/mol. The van der Waals surface area contributed by atoms with Crippen molar-refractivity contribution in [2.24, 2.45) is 5.73 Å². The van der Waals surface area contributed by atoms with Gasteiger partial charge in [-0.1, -0.05) is 11.6 Å². The summed E-state index contributed by atoms with van der Waals surface area (Å²) < 4.78 is 16.2. The van der Waals surface area contributed by atoms with E-state index in [0.717, 1.165) is 5.39 Å². The van der Waals surface area contributed by atoms with Crippen LogP contribution in [-0.4, -0.2) is 24.2 Å². The van der Waals surface area contributed by atoms with Crippen LogP contribution in [0.25, 0.3) is 10.9 Å². The Morgan fingerprint density at radius 1 is 1.34 bits per heavy atom. The molecule has 0 amide bonds. The highest BCUT2D eigenvalue weighted by molar-refractivity contribution is 6.30. The van der Waals surface area contributed by atoms with Crippen LogP contribution in [0.2, 0.25) is 5.15 Å². The zero-order chi connectivity index (χ0) is 21.1. The second-order valence-corrected chi connectivity index (χ2v) is 6.63. The molecule has 0 unspecified atom stereocenters. The fraction of sp³-hybridized carbons (Fsp3) is 0.286. The summed E-state index contributed by atoms with van der Waals surface area (Å²) in [5, 5.41) is 10.6. The second-order valence-electron chi connectivity index (χ2n) is 6.27. The van der Waals surface area contributed by atoms with Crippen LogP contribution in [0.4, 0.5) is 0 Å². The zero-order valence-corrected chi connectivity index (χ0v) is 17.0. The van der Waals surface area contributed by atoms with Crippen LogP contribution in [0.3, 0.4) is 0 Å². The summed E-state index contributed by atoms with van der Waals surface area (Å²) in [6, 6.07) is 9.23. The fourth-order valence-electron chi connectivity index (χ4n) is 3.27. The molecule has 1 aromatic carbocycles. The quantitative estimate of drug-likeness (QED) is 0.584. The lowest BCUT2D eigenvalue weighted by atomic mass is 9.83. The molecule has 29 heavy (non-hydrogen) atoms. The van der Waals surface area contributed by atoms with Crippen LogP contribution < -0.4 is 10.5 Å². The topological polar surface area (TPSA) is 107 Å². The smallest absolute Gasteiger partial charge is 0.338 e. The van der Waals surface area contributed by atoms with Crippen molar-refractivity contribution in [3.05, 3.63) is 57.8 Å². The molecule has 150 valence electrons. The van der Waals surface area contributed by atoms with Crippen molar-refractivity contribution in [3.8, 4) is 11.8 Å². The molecule has 0 bridgehead atoms. The molecule has 1 aliphatic heterocycles. The number of ether oxygens (including phenoxy) is 3. The molecule has 1 aliphatic rings. The van der Waals surface area contributed by atoms with Gasteiger partial charge in [-0.05, 0) is 45.0 Å². The maximum atomic E-state index is 12.7. The van der Waals surface area contributed by atoms with Gasteiger partial charge in [0.25, 0.3) is 0 Å². The first-order valence-electron chi connectivity index (χ1n) is 9.09. The van der Waals surface area contributed by atoms with Crippen LogP contribution >= 0.6 is 11.6 Å². The van der Waals surface area contributed by atoms with E-state index in [4.69, 9.17) is 31.5 Å². The molecule has 0 aliphatic carbocycles. The molecule has 8 heteroatoms. The van der Waals surface area contributed by atoms with Crippen LogP contribution in [0.5, 0.6) is 5.75 Å². The number of aromatic nitrogens is 1. The van der Waals surface area contributed by atoms with E-state index in [1.54, 1.807) is 32.0 Å². The fourth-order valence-corrected chi connectivity index (χ4v) is 3.53. The summed E-state index contributed by atoms with van der Waals surface area (Å²) >= 11 is 6.47. The molecule has 1 aromatic heterocycles. The highest BCUT2D eigenvalue weighted by atomic mass is 35.5. The molecular formula is C21H20ClN3O4. The Kier molecular flexibility index (Phi) is 5.95. The lowest BCUT2D eigenvalue weighted by Gasteiger charge is -2.27. The Labute approximate surface area is 173 Å². The summed E-state index contributed by atoms with van der Waals surface area (Å²) in [6.07, 6.45) is 0. The normalized spacial score (nSPS) is 16.4. The minimum absolute atomic E-state index is 0.0719. The van der Waals surface area contributed by atoms with Gasteiger partial charge in [0.05, 0.1) is 30.2 Å². The third-order valence-electron chi connectivity index (χ3n) is 4.49. The van der Waals surface area contributed by atoms with Crippen molar-refractivity contribution in [1.82, 2.24) is 4.98 Å². The summed E-state index contributed by atoms with van der Waals surface area (Å²) in [4.78, 5) is 17.1. The first-order chi connectivity index (χ1) is 13.9. The molecule has 0 fully saturated rings. The third-order valence-corrected chi connectivity index (χ3v) is 4.79. The summed E-state index contributed by atoms with van der Waals surface area (Å²) in [5.74, 6) is -0.608. The minimum atomic E-state index is -0.854. The van der Waals surface area contributed by atoms with Gasteiger partial charge in [-0.15, -0.1) is 0 Å². The van der Waals surface area contributed by atoms with Crippen molar-refractivity contribution >= 4 is 28.5 Å². The van der Waals surface area contributed by atoms with Crippen molar-refractivity contribution in [3.63, 3.8) is 0 Å². The number of halogens is 1. The molecule has 1 atom stereocenters. The van der Waals surface area contributed by atoms with Gasteiger partial charge in [0.15, 0.2) is 0 Å². The number of nitrogens with zero attached hydrogens (tertiary/aromatic N) is 2. The molecule has 3 rings (SSSR count). The Morgan fingerprint density at radius 2 is 2.10 bits per heavy atom. The number of hydrogen-bond donors (Lipinski definition) is 1. The predicted molar refractivity (Wildman–Crippen MR) is 108 cm³/mol. The molecule has 2 heterocycles. The van der Waals surface area contributed by atoms with E-state index in [-0.39, 0.29) is 34.5 Å². The first-order valence-corrected chi connectivity index (χ1v) is 9.47. The zero-order valence-electron chi connectivity index (χ0n) is 16.3. The van der Waals surface area contributed by atoms with E-state index < -0.39 is 11.9 Å². The third kappa shape index (κ3) is 3.84. The van der Waals surface area contributed by atoms with E-state index in [1.165, 1.54) is 0 Å². The predicted octanol–water partition coefficient (Wildman–Crippen LogP) is 3.93. The molecule has 0 spiro atoms. The highest BCUT2D eigenvalue weighted by Gasteiger charge is 2.37. The average molecular weight is 414 g/mol. The van der Waals surface area contributed by atoms with Gasteiger partial charge in [0.2, 0.25) is 5.88 Å². The van der Waals surface area contributed by atoms with Gasteiger partial charge in [-0.3, -0.25) is 0 Å². The lowest BCUT2D eigenvalue weighted by Crippen LogP contribution is -2.25. The van der Waals surface area contributed by atoms with E-state index in [9.17, 15) is 10.1 Å². The molecule has 0 radical (unpaired) electrons. The van der Waals surface area contributed by atoms with E-state index >= 15 is 0 Å². The maximum Gasteiger partial charge on any atom is 0.338 e. The van der Waals surface area contributed by atoms with Crippen molar-refractivity contribution in [2.45, 2.75) is 26.7 Å². The van der Waals surface area contributed by atoms with Crippen LogP contribution in [-0.2, 0) is 14.3 Å². The van der Waals surface area contributed by atoms with Crippen molar-refractivity contribution in [2.75, 3.05) is 13.2 Å². The minimum Gasteiger partial charge on any atom is -0.494 e. The number of carbonyl (C=O) groups excluding carboxylic acids is 1. The number of allylic oxidation sites excluding steroid dienone is 2.